The van der Waals surface area contributed by atoms with Crippen LogP contribution in [-0.4, -0.2) is 71.3 Å². The van der Waals surface area contributed by atoms with Crippen molar-refractivity contribution < 1.29 is 22.9 Å². The number of carbonyl (C=O) groups is 1. The molecular formula is C47H56N8O6S. The van der Waals surface area contributed by atoms with Gasteiger partial charge in [0, 0.05) is 61.1 Å². The van der Waals surface area contributed by atoms with Crippen molar-refractivity contribution in [3.05, 3.63) is 106 Å². The van der Waals surface area contributed by atoms with Crippen molar-refractivity contribution in [1.82, 2.24) is 24.6 Å². The van der Waals surface area contributed by atoms with Gasteiger partial charge in [-0.3, -0.25) is 19.8 Å². The Hall–Kier alpha value is -5.54. The second-order valence-corrected chi connectivity index (χ2v) is 20.6. The van der Waals surface area contributed by atoms with E-state index in [1.54, 1.807) is 30.6 Å². The van der Waals surface area contributed by atoms with E-state index in [0.29, 0.717) is 41.4 Å². The summed E-state index contributed by atoms with van der Waals surface area (Å²) in [5, 5.41) is 16.0. The smallest absolute Gasteiger partial charge is 0.312 e. The number of anilines is 2. The molecule has 1 atom stereocenters. The number of nitrogens with zero attached hydrogens (tertiary/aromatic N) is 5. The van der Waals surface area contributed by atoms with E-state index >= 15 is 0 Å². The van der Waals surface area contributed by atoms with Crippen LogP contribution in [-0.2, 0) is 10.0 Å². The van der Waals surface area contributed by atoms with Gasteiger partial charge in [-0.2, -0.15) is 0 Å². The van der Waals surface area contributed by atoms with Gasteiger partial charge >= 0.3 is 5.69 Å². The van der Waals surface area contributed by atoms with Crippen LogP contribution in [0.25, 0.3) is 11.0 Å². The van der Waals surface area contributed by atoms with E-state index < -0.39 is 31.4 Å². The van der Waals surface area contributed by atoms with Gasteiger partial charge < -0.3 is 19.9 Å². The Balaban J connectivity index is 0.898. The van der Waals surface area contributed by atoms with E-state index in [-0.39, 0.29) is 22.5 Å². The molecule has 2 saturated heterocycles. The first-order valence-electron chi connectivity index (χ1n) is 22.0. The van der Waals surface area contributed by atoms with Gasteiger partial charge in [0.15, 0.2) is 0 Å². The van der Waals surface area contributed by atoms with Crippen molar-refractivity contribution in [2.75, 3.05) is 36.4 Å². The Morgan fingerprint density at radius 3 is 2.50 bits per heavy atom. The van der Waals surface area contributed by atoms with Crippen LogP contribution in [0.2, 0.25) is 0 Å². The summed E-state index contributed by atoms with van der Waals surface area (Å²) in [6.45, 7) is 10.1. The number of hydrogen-bond donors (Lipinski definition) is 3. The molecule has 2 aliphatic heterocycles. The molecule has 14 nitrogen and oxygen atoms in total. The number of piperidine rings is 1. The number of pyridine rings is 2. The van der Waals surface area contributed by atoms with E-state index in [4.69, 9.17) is 4.74 Å². The van der Waals surface area contributed by atoms with Crippen LogP contribution in [0.5, 0.6) is 11.5 Å². The number of carbonyl (C=O) groups excluding carboxylic acids is 1. The number of sulfonamides is 1. The number of likely N-dealkylation sites (tertiary alicyclic amines) is 1. The van der Waals surface area contributed by atoms with Crippen LogP contribution >= 0.6 is 0 Å². The maximum Gasteiger partial charge on any atom is 0.312 e. The predicted octanol–water partition coefficient (Wildman–Crippen LogP) is 9.30. The fourth-order valence-electron chi connectivity index (χ4n) is 10.4. The monoisotopic (exact) mass is 860 g/mol. The van der Waals surface area contributed by atoms with E-state index in [2.05, 4.69) is 79.8 Å². The molecule has 9 rings (SSSR count). The zero-order chi connectivity index (χ0) is 43.2. The molecule has 1 spiro atoms. The number of aromatic amines is 1. The minimum Gasteiger partial charge on any atom is -0.455 e. The zero-order valence-electron chi connectivity index (χ0n) is 35.7. The molecule has 1 amide bonds. The van der Waals surface area contributed by atoms with Gasteiger partial charge in [-0.25, -0.2) is 23.1 Å². The number of nitrogens with one attached hydrogen (secondary N) is 3. The molecular weight excluding hydrogens is 805 g/mol. The van der Waals surface area contributed by atoms with E-state index in [1.807, 2.05) is 12.1 Å². The zero-order valence-corrected chi connectivity index (χ0v) is 36.5. The van der Waals surface area contributed by atoms with Crippen LogP contribution in [0.15, 0.2) is 84.1 Å². The summed E-state index contributed by atoms with van der Waals surface area (Å²) in [7, 11) is -4.59. The standard InChI is InChI=1S/C47H56N8O6S/c1-31-7-4-5-8-38(31)40-9-6-20-54(40)35-26-47(27-35)17-21-53(22-18-47)34-10-11-39(42(24-34)61-36-23-33-14-19-48-43(33)50-29-36)45(56)52-62(59,60)37-25-41(55(57)58)44(51-30-37)49-28-32-12-15-46(2,3)16-13-32/h4-5,7-8,10-11,14,19,23-25,29-30,32,35,40H,6,9,12-13,15-18,20-22,26-28H2,1-3H3,(H,48,50)(H,49,51)(H,52,56)/t40-/m0/s1. The van der Waals surface area contributed by atoms with Crippen molar-refractivity contribution in [3.63, 3.8) is 0 Å². The van der Waals surface area contributed by atoms with Gasteiger partial charge in [-0.1, -0.05) is 38.1 Å². The van der Waals surface area contributed by atoms with E-state index in [9.17, 15) is 23.3 Å². The number of fused-ring (bicyclic) bond motifs is 1. The summed E-state index contributed by atoms with van der Waals surface area (Å²) in [5.41, 5.74) is 4.46. The average Bonchev–Trinajstić information content (AvgIpc) is 3.92. The van der Waals surface area contributed by atoms with E-state index in [1.165, 1.54) is 36.8 Å². The fourth-order valence-corrected chi connectivity index (χ4v) is 11.4. The van der Waals surface area contributed by atoms with Crippen molar-refractivity contribution >= 4 is 44.2 Å². The third-order valence-corrected chi connectivity index (χ3v) is 15.5. The summed E-state index contributed by atoms with van der Waals surface area (Å²) in [6.07, 6.45) is 15.4. The summed E-state index contributed by atoms with van der Waals surface area (Å²) in [4.78, 5) is 41.6. The minimum atomic E-state index is -4.59. The largest absolute Gasteiger partial charge is 0.455 e. The first-order valence-corrected chi connectivity index (χ1v) is 23.5. The molecule has 326 valence electrons. The number of ether oxygens (including phenoxy) is 1. The van der Waals surface area contributed by atoms with Crippen LogP contribution in [0, 0.1) is 33.8 Å². The number of aryl methyl sites for hydroxylation is 1. The topological polar surface area (TPSA) is 176 Å². The summed E-state index contributed by atoms with van der Waals surface area (Å²) < 4.78 is 35.8. The van der Waals surface area contributed by atoms with Crippen LogP contribution in [0.3, 0.4) is 0 Å². The molecule has 0 radical (unpaired) electrons. The maximum atomic E-state index is 13.9. The van der Waals surface area contributed by atoms with Gasteiger partial charge in [-0.15, -0.1) is 0 Å². The van der Waals surface area contributed by atoms with Gasteiger partial charge in [0.25, 0.3) is 15.9 Å². The van der Waals surface area contributed by atoms with Crippen LogP contribution < -0.4 is 19.7 Å². The molecule has 5 heterocycles. The highest BCUT2D eigenvalue weighted by atomic mass is 32.2. The summed E-state index contributed by atoms with van der Waals surface area (Å²) >= 11 is 0. The first-order chi connectivity index (χ1) is 29.7. The number of nitro groups is 1. The van der Waals surface area contributed by atoms with Crippen molar-refractivity contribution in [3.8, 4) is 11.5 Å². The molecule has 0 unspecified atom stereocenters. The lowest BCUT2D eigenvalue weighted by molar-refractivity contribution is -0.384. The van der Waals surface area contributed by atoms with Gasteiger partial charge in [0.1, 0.15) is 22.0 Å². The highest BCUT2D eigenvalue weighted by Gasteiger charge is 2.50. The molecule has 4 aliphatic rings. The average molecular weight is 861 g/mol. The highest BCUT2D eigenvalue weighted by molar-refractivity contribution is 7.90. The molecule has 62 heavy (non-hydrogen) atoms. The van der Waals surface area contributed by atoms with Gasteiger partial charge in [0.2, 0.25) is 5.82 Å². The molecule has 3 aromatic heterocycles. The van der Waals surface area contributed by atoms with Crippen molar-refractivity contribution in [2.45, 2.75) is 102 Å². The number of benzene rings is 2. The highest BCUT2D eigenvalue weighted by Crippen LogP contribution is 2.54. The quantitative estimate of drug-likeness (QED) is 0.0805. The lowest BCUT2D eigenvalue weighted by Crippen LogP contribution is -2.54. The number of H-pyrrole nitrogens is 1. The Kier molecular flexibility index (Phi) is 11.2. The molecule has 2 aliphatic carbocycles. The van der Waals surface area contributed by atoms with Gasteiger partial charge in [0.05, 0.1) is 22.9 Å². The molecule has 5 aromatic rings. The fraction of sp³-hybridized carbons (Fsp3) is 0.468. The molecule has 2 saturated carbocycles. The van der Waals surface area contributed by atoms with Crippen LogP contribution in [0.1, 0.15) is 106 Å². The van der Waals surface area contributed by atoms with E-state index in [0.717, 1.165) is 81.5 Å². The number of amides is 1. The Morgan fingerprint density at radius 1 is 0.968 bits per heavy atom. The Bertz CT molecular complexity index is 2590. The minimum absolute atomic E-state index is 0.0106. The normalized spacial score (nSPS) is 20.6. The lowest BCUT2D eigenvalue weighted by Gasteiger charge is -2.56. The molecule has 4 fully saturated rings. The number of aromatic nitrogens is 3. The summed E-state index contributed by atoms with van der Waals surface area (Å²) in [5.74, 6) is -0.104. The molecule has 3 N–H and O–H groups in total. The van der Waals surface area contributed by atoms with Crippen LogP contribution in [0.4, 0.5) is 17.2 Å². The second-order valence-electron chi connectivity index (χ2n) is 18.9. The SMILES string of the molecule is Cc1ccccc1[C@@H]1CCCN1C1CC2(CCN(c3ccc(C(=O)NS(=O)(=O)c4cnc(NCC5CCC(C)(C)CC5)c([N+](=O)[O-])c4)c(Oc4cnc5[nH]ccc5c4)c3)CC2)C1. The third kappa shape index (κ3) is 8.61. The second kappa shape index (κ2) is 16.6. The maximum absolute atomic E-state index is 13.9. The van der Waals surface area contributed by atoms with Crippen molar-refractivity contribution in [2.24, 2.45) is 16.7 Å². The molecule has 0 bridgehead atoms. The van der Waals surface area contributed by atoms with Gasteiger partial charge in [-0.05, 0) is 130 Å². The summed E-state index contributed by atoms with van der Waals surface area (Å²) in [6, 6.07) is 19.7. The molecule has 2 aromatic carbocycles. The van der Waals surface area contributed by atoms with Crippen molar-refractivity contribution in [1.29, 1.82) is 0 Å². The lowest BCUT2D eigenvalue weighted by atomic mass is 9.59. The predicted molar refractivity (Wildman–Crippen MR) is 239 cm³/mol. The number of hydrogen-bond acceptors (Lipinski definition) is 11. The third-order valence-electron chi connectivity index (χ3n) is 14.2. The Labute approximate surface area is 363 Å². The number of rotatable bonds is 12. The first kappa shape index (κ1) is 41.8. The molecule has 15 heteroatoms. The Morgan fingerprint density at radius 2 is 1.74 bits per heavy atom.